The van der Waals surface area contributed by atoms with E-state index in [0.717, 1.165) is 19.3 Å². The molecule has 162 valence electrons. The third kappa shape index (κ3) is 7.30. The Morgan fingerprint density at radius 3 is 2.62 bits per heavy atom. The number of carbonyl (C=O) groups excluding carboxylic acids is 2. The van der Waals surface area contributed by atoms with Gasteiger partial charge in [0.05, 0.1) is 24.7 Å². The highest BCUT2D eigenvalue weighted by Gasteiger charge is 2.26. The number of amides is 2. The molecule has 0 aromatic heterocycles. The van der Waals surface area contributed by atoms with Crippen LogP contribution in [0.3, 0.4) is 0 Å². The van der Waals surface area contributed by atoms with Crippen molar-refractivity contribution in [3.63, 3.8) is 0 Å². The first-order valence-corrected chi connectivity index (χ1v) is 11.3. The predicted octanol–water partition coefficient (Wildman–Crippen LogP) is 1.35. The Balaban J connectivity index is 1.81. The Labute approximate surface area is 171 Å². The molecule has 1 fully saturated rings. The van der Waals surface area contributed by atoms with Crippen LogP contribution in [0.2, 0.25) is 0 Å². The number of hydrogen-bond donors (Lipinski definition) is 2. The number of rotatable bonds is 10. The molecule has 2 amide bonds. The van der Waals surface area contributed by atoms with Crippen molar-refractivity contribution < 1.29 is 27.5 Å². The van der Waals surface area contributed by atoms with Gasteiger partial charge in [0.25, 0.3) is 5.91 Å². The highest BCUT2D eigenvalue weighted by atomic mass is 32.2. The van der Waals surface area contributed by atoms with E-state index in [0.29, 0.717) is 19.8 Å². The summed E-state index contributed by atoms with van der Waals surface area (Å²) in [7, 11) is -3.67. The number of ether oxygens (including phenoxy) is 2. The van der Waals surface area contributed by atoms with Crippen LogP contribution in [0.25, 0.3) is 0 Å². The number of nitrogens with zero attached hydrogens (tertiary/aromatic N) is 1. The molecule has 0 aliphatic carbocycles. The maximum Gasteiger partial charge on any atom is 0.407 e. The molecule has 1 aromatic carbocycles. The van der Waals surface area contributed by atoms with Gasteiger partial charge in [0, 0.05) is 25.2 Å². The minimum absolute atomic E-state index is 0.0249. The van der Waals surface area contributed by atoms with Crippen molar-refractivity contribution in [3.8, 4) is 0 Å². The van der Waals surface area contributed by atoms with E-state index in [9.17, 15) is 18.0 Å². The third-order valence-electron chi connectivity index (χ3n) is 4.37. The summed E-state index contributed by atoms with van der Waals surface area (Å²) in [5.74, 6) is -0.434. The van der Waals surface area contributed by atoms with Crippen molar-refractivity contribution >= 4 is 22.0 Å². The Bertz CT molecular complexity index is 778. The van der Waals surface area contributed by atoms with Gasteiger partial charge in [0.15, 0.2) is 0 Å². The van der Waals surface area contributed by atoms with Crippen LogP contribution >= 0.6 is 0 Å². The number of morpholine rings is 1. The summed E-state index contributed by atoms with van der Waals surface area (Å²) in [5, 5.41) is 5.25. The molecule has 10 heteroatoms. The normalized spacial score (nSPS) is 14.9. The van der Waals surface area contributed by atoms with E-state index >= 15 is 0 Å². The van der Waals surface area contributed by atoms with Gasteiger partial charge in [0.1, 0.15) is 6.61 Å². The molecule has 2 rings (SSSR count). The van der Waals surface area contributed by atoms with Gasteiger partial charge in [-0.05, 0) is 24.6 Å². The van der Waals surface area contributed by atoms with Crippen molar-refractivity contribution in [1.82, 2.24) is 14.9 Å². The summed E-state index contributed by atoms with van der Waals surface area (Å²) in [6.45, 7) is 4.07. The lowest BCUT2D eigenvalue weighted by Crippen LogP contribution is -2.40. The van der Waals surface area contributed by atoms with Crippen molar-refractivity contribution in [3.05, 3.63) is 29.8 Å². The van der Waals surface area contributed by atoms with E-state index in [1.807, 2.05) is 0 Å². The van der Waals surface area contributed by atoms with Gasteiger partial charge in [-0.25, -0.2) is 13.2 Å². The van der Waals surface area contributed by atoms with E-state index in [2.05, 4.69) is 17.6 Å². The molecule has 29 heavy (non-hydrogen) atoms. The summed E-state index contributed by atoms with van der Waals surface area (Å²) in [5.41, 5.74) is 0.225. The Hall–Kier alpha value is -2.17. The number of carbonyl (C=O) groups is 2. The Morgan fingerprint density at radius 1 is 1.14 bits per heavy atom. The zero-order valence-corrected chi connectivity index (χ0v) is 17.5. The minimum atomic E-state index is -3.67. The fourth-order valence-corrected chi connectivity index (χ4v) is 4.22. The van der Waals surface area contributed by atoms with E-state index in [1.165, 1.54) is 28.6 Å². The standard InChI is InChI=1S/C19H29N3O6S/c1-2-3-4-8-21-19(24)28-12-9-20-18(23)16-6-5-7-17(15-16)29(25,26)22-10-13-27-14-11-22/h5-7,15H,2-4,8-14H2,1H3,(H,20,23)(H,21,24). The smallest absolute Gasteiger partial charge is 0.407 e. The molecule has 1 aliphatic rings. The highest BCUT2D eigenvalue weighted by molar-refractivity contribution is 7.89. The zero-order valence-electron chi connectivity index (χ0n) is 16.7. The van der Waals surface area contributed by atoms with E-state index in [1.54, 1.807) is 0 Å². The number of unbranched alkanes of at least 4 members (excludes halogenated alkanes) is 2. The first kappa shape index (κ1) is 23.1. The molecule has 1 aliphatic heterocycles. The molecule has 1 aromatic rings. The fraction of sp³-hybridized carbons (Fsp3) is 0.579. The van der Waals surface area contributed by atoms with Gasteiger partial charge in [-0.15, -0.1) is 0 Å². The van der Waals surface area contributed by atoms with Crippen LogP contribution in [0.5, 0.6) is 0 Å². The maximum absolute atomic E-state index is 12.7. The van der Waals surface area contributed by atoms with Gasteiger partial charge in [0.2, 0.25) is 10.0 Å². The Kier molecular flexibility index (Phi) is 9.36. The second-order valence-electron chi connectivity index (χ2n) is 6.57. The van der Waals surface area contributed by atoms with Gasteiger partial charge in [-0.1, -0.05) is 25.8 Å². The number of benzene rings is 1. The quantitative estimate of drug-likeness (QED) is 0.545. The van der Waals surface area contributed by atoms with Gasteiger partial charge in [-0.3, -0.25) is 4.79 Å². The molecule has 1 heterocycles. The first-order chi connectivity index (χ1) is 13.9. The summed E-state index contributed by atoms with van der Waals surface area (Å²) >= 11 is 0. The lowest BCUT2D eigenvalue weighted by Gasteiger charge is -2.26. The first-order valence-electron chi connectivity index (χ1n) is 9.82. The van der Waals surface area contributed by atoms with Gasteiger partial charge < -0.3 is 20.1 Å². The average Bonchev–Trinajstić information content (AvgIpc) is 2.75. The van der Waals surface area contributed by atoms with Crippen molar-refractivity contribution in [2.75, 3.05) is 46.0 Å². The summed E-state index contributed by atoms with van der Waals surface area (Å²) in [6, 6.07) is 5.88. The molecule has 0 atom stereocenters. The lowest BCUT2D eigenvalue weighted by atomic mass is 10.2. The summed E-state index contributed by atoms with van der Waals surface area (Å²) < 4.78 is 36.9. The molecule has 0 radical (unpaired) electrons. The zero-order chi connectivity index (χ0) is 21.1. The van der Waals surface area contributed by atoms with Crippen LogP contribution in [0.4, 0.5) is 4.79 Å². The fourth-order valence-electron chi connectivity index (χ4n) is 2.76. The third-order valence-corrected chi connectivity index (χ3v) is 6.27. The van der Waals surface area contributed by atoms with Crippen LogP contribution in [0, 0.1) is 0 Å². The second-order valence-corrected chi connectivity index (χ2v) is 8.51. The molecule has 0 saturated carbocycles. The molecule has 0 spiro atoms. The Morgan fingerprint density at radius 2 is 1.90 bits per heavy atom. The van der Waals surface area contributed by atoms with Crippen molar-refractivity contribution in [2.24, 2.45) is 0 Å². The van der Waals surface area contributed by atoms with Crippen LogP contribution in [0.15, 0.2) is 29.2 Å². The lowest BCUT2D eigenvalue weighted by molar-refractivity contribution is 0.0730. The monoisotopic (exact) mass is 427 g/mol. The predicted molar refractivity (Wildman–Crippen MR) is 107 cm³/mol. The second kappa shape index (κ2) is 11.7. The number of hydrogen-bond acceptors (Lipinski definition) is 6. The molecule has 2 N–H and O–H groups in total. The molecule has 0 bridgehead atoms. The van der Waals surface area contributed by atoms with E-state index in [-0.39, 0.29) is 36.7 Å². The summed E-state index contributed by atoms with van der Waals surface area (Å²) in [6.07, 6.45) is 2.48. The van der Waals surface area contributed by atoms with Crippen LogP contribution < -0.4 is 10.6 Å². The molecule has 9 nitrogen and oxygen atoms in total. The van der Waals surface area contributed by atoms with Gasteiger partial charge >= 0.3 is 6.09 Å². The van der Waals surface area contributed by atoms with Crippen LogP contribution in [0.1, 0.15) is 36.5 Å². The average molecular weight is 428 g/mol. The highest BCUT2D eigenvalue weighted by Crippen LogP contribution is 2.18. The molecular weight excluding hydrogens is 398 g/mol. The van der Waals surface area contributed by atoms with Gasteiger partial charge in [-0.2, -0.15) is 4.31 Å². The molecular formula is C19H29N3O6S. The number of sulfonamides is 1. The molecule has 1 saturated heterocycles. The van der Waals surface area contributed by atoms with Crippen molar-refractivity contribution in [1.29, 1.82) is 0 Å². The largest absolute Gasteiger partial charge is 0.448 e. The maximum atomic E-state index is 12.7. The van der Waals surface area contributed by atoms with Crippen LogP contribution in [-0.2, 0) is 19.5 Å². The SMILES string of the molecule is CCCCCNC(=O)OCCNC(=O)c1cccc(S(=O)(=O)N2CCOCC2)c1. The minimum Gasteiger partial charge on any atom is -0.448 e. The van der Waals surface area contributed by atoms with E-state index < -0.39 is 22.0 Å². The molecule has 0 unspecified atom stereocenters. The number of nitrogens with one attached hydrogen (secondary N) is 2. The number of alkyl carbamates (subject to hydrolysis) is 1. The van der Waals surface area contributed by atoms with Crippen LogP contribution in [-0.4, -0.2) is 70.7 Å². The van der Waals surface area contributed by atoms with E-state index in [4.69, 9.17) is 9.47 Å². The van der Waals surface area contributed by atoms with Crippen molar-refractivity contribution in [2.45, 2.75) is 31.1 Å². The summed E-state index contributed by atoms with van der Waals surface area (Å²) in [4.78, 5) is 23.9. The topological polar surface area (TPSA) is 114 Å².